The molecule has 1 aromatic carbocycles. The average molecular weight is 372 g/mol. The van der Waals surface area contributed by atoms with Gasteiger partial charge in [0.1, 0.15) is 5.00 Å². The summed E-state index contributed by atoms with van der Waals surface area (Å²) < 4.78 is 0. The smallest absolute Gasteiger partial charge is 0.256 e. The number of likely N-dealkylation sites (tertiary alicyclic amines) is 1. The molecule has 138 valence electrons. The summed E-state index contributed by atoms with van der Waals surface area (Å²) in [5.41, 5.74) is 2.37. The van der Waals surface area contributed by atoms with Gasteiger partial charge in [0.05, 0.1) is 5.56 Å². The lowest BCUT2D eigenvalue weighted by Crippen LogP contribution is -2.44. The largest absolute Gasteiger partial charge is 0.338 e. The lowest BCUT2D eigenvalue weighted by molar-refractivity contribution is 0.0709. The molecule has 1 fully saturated rings. The second-order valence-electron chi connectivity index (χ2n) is 6.52. The van der Waals surface area contributed by atoms with Crippen LogP contribution >= 0.6 is 11.3 Å². The van der Waals surface area contributed by atoms with Crippen LogP contribution in [0.1, 0.15) is 46.0 Å². The normalized spacial score (nSPS) is 15.1. The molecule has 2 aromatic rings. The van der Waals surface area contributed by atoms with Gasteiger partial charge in [-0.25, -0.2) is 0 Å². The van der Waals surface area contributed by atoms with Gasteiger partial charge in [0, 0.05) is 24.7 Å². The third-order valence-corrected chi connectivity index (χ3v) is 5.77. The van der Waals surface area contributed by atoms with Crippen molar-refractivity contribution in [3.05, 3.63) is 52.4 Å². The molecule has 2 amide bonds. The van der Waals surface area contributed by atoms with E-state index in [1.807, 2.05) is 41.6 Å². The van der Waals surface area contributed by atoms with Gasteiger partial charge < -0.3 is 15.5 Å². The average Bonchev–Trinajstić information content (AvgIpc) is 3.15. The molecule has 2 N–H and O–H groups in total. The first kappa shape index (κ1) is 18.6. The maximum absolute atomic E-state index is 12.8. The molecule has 3 rings (SSSR count). The maximum atomic E-state index is 12.8. The number of amides is 2. The van der Waals surface area contributed by atoms with E-state index in [0.717, 1.165) is 32.4 Å². The van der Waals surface area contributed by atoms with Crippen LogP contribution in [0.4, 0.5) is 5.00 Å². The Morgan fingerprint density at radius 3 is 2.46 bits per heavy atom. The SMILES string of the molecule is CCc1ccc(C(=O)Nc2sccc2C(=O)N2CCC(NC)CC2)cc1. The van der Waals surface area contributed by atoms with E-state index in [1.54, 1.807) is 6.07 Å². The van der Waals surface area contributed by atoms with E-state index in [1.165, 1.54) is 16.9 Å². The minimum atomic E-state index is -0.182. The van der Waals surface area contributed by atoms with Gasteiger partial charge in [-0.2, -0.15) is 0 Å². The molecule has 0 aliphatic carbocycles. The van der Waals surface area contributed by atoms with Crippen LogP contribution in [0.25, 0.3) is 0 Å². The van der Waals surface area contributed by atoms with Gasteiger partial charge in [-0.05, 0) is 55.5 Å². The Morgan fingerprint density at radius 1 is 1.15 bits per heavy atom. The van der Waals surface area contributed by atoms with Gasteiger partial charge in [0.25, 0.3) is 11.8 Å². The van der Waals surface area contributed by atoms with E-state index in [9.17, 15) is 9.59 Å². The second kappa shape index (κ2) is 8.47. The Bertz CT molecular complexity index is 762. The monoisotopic (exact) mass is 371 g/mol. The lowest BCUT2D eigenvalue weighted by atomic mass is 10.0. The number of benzene rings is 1. The number of nitrogens with zero attached hydrogens (tertiary/aromatic N) is 1. The minimum absolute atomic E-state index is 0.00238. The predicted octanol–water partition coefficient (Wildman–Crippen LogP) is 3.39. The Morgan fingerprint density at radius 2 is 1.85 bits per heavy atom. The van der Waals surface area contributed by atoms with Crippen molar-refractivity contribution in [2.24, 2.45) is 0 Å². The van der Waals surface area contributed by atoms with Crippen LogP contribution in [-0.2, 0) is 6.42 Å². The molecule has 1 aliphatic rings. The fourth-order valence-corrected chi connectivity index (χ4v) is 3.96. The summed E-state index contributed by atoms with van der Waals surface area (Å²) in [6.07, 6.45) is 2.85. The summed E-state index contributed by atoms with van der Waals surface area (Å²) in [6, 6.07) is 9.85. The zero-order chi connectivity index (χ0) is 18.5. The van der Waals surface area contributed by atoms with Gasteiger partial charge in [-0.15, -0.1) is 11.3 Å². The number of carbonyl (C=O) groups excluding carboxylic acids is 2. The number of carbonyl (C=O) groups is 2. The first-order valence-electron chi connectivity index (χ1n) is 9.06. The van der Waals surface area contributed by atoms with E-state index in [-0.39, 0.29) is 11.8 Å². The van der Waals surface area contributed by atoms with Crippen LogP contribution in [0.5, 0.6) is 0 Å². The van der Waals surface area contributed by atoms with Crippen LogP contribution < -0.4 is 10.6 Å². The Balaban J connectivity index is 1.68. The highest BCUT2D eigenvalue weighted by Gasteiger charge is 2.25. The lowest BCUT2D eigenvalue weighted by Gasteiger charge is -2.31. The zero-order valence-electron chi connectivity index (χ0n) is 15.2. The van der Waals surface area contributed by atoms with Crippen LogP contribution in [-0.4, -0.2) is 42.9 Å². The second-order valence-corrected chi connectivity index (χ2v) is 7.44. The van der Waals surface area contributed by atoms with Crippen molar-refractivity contribution in [3.8, 4) is 0 Å². The molecule has 0 unspecified atom stereocenters. The van der Waals surface area contributed by atoms with Crippen molar-refractivity contribution in [1.82, 2.24) is 10.2 Å². The van der Waals surface area contributed by atoms with Crippen molar-refractivity contribution in [1.29, 1.82) is 0 Å². The summed E-state index contributed by atoms with van der Waals surface area (Å²) in [4.78, 5) is 27.2. The third-order valence-electron chi connectivity index (χ3n) is 4.94. The summed E-state index contributed by atoms with van der Waals surface area (Å²) in [6.45, 7) is 3.57. The number of hydrogen-bond acceptors (Lipinski definition) is 4. The number of rotatable bonds is 5. The van der Waals surface area contributed by atoms with Gasteiger partial charge in [-0.3, -0.25) is 9.59 Å². The van der Waals surface area contributed by atoms with Crippen molar-refractivity contribution in [3.63, 3.8) is 0 Å². The molecule has 1 saturated heterocycles. The van der Waals surface area contributed by atoms with Crippen molar-refractivity contribution < 1.29 is 9.59 Å². The van der Waals surface area contributed by atoms with E-state index in [0.29, 0.717) is 22.2 Å². The van der Waals surface area contributed by atoms with Crippen LogP contribution in [0.3, 0.4) is 0 Å². The van der Waals surface area contributed by atoms with Crippen LogP contribution in [0.15, 0.2) is 35.7 Å². The Labute approximate surface area is 158 Å². The van der Waals surface area contributed by atoms with E-state index in [4.69, 9.17) is 0 Å². The topological polar surface area (TPSA) is 61.4 Å². The van der Waals surface area contributed by atoms with Crippen molar-refractivity contribution in [2.45, 2.75) is 32.2 Å². The van der Waals surface area contributed by atoms with Gasteiger partial charge in [-0.1, -0.05) is 19.1 Å². The first-order valence-corrected chi connectivity index (χ1v) is 9.94. The molecule has 0 bridgehead atoms. The highest BCUT2D eigenvalue weighted by Crippen LogP contribution is 2.26. The molecular weight excluding hydrogens is 346 g/mol. The maximum Gasteiger partial charge on any atom is 0.256 e. The Kier molecular flexibility index (Phi) is 6.06. The van der Waals surface area contributed by atoms with Crippen molar-refractivity contribution >= 4 is 28.2 Å². The molecule has 0 saturated carbocycles. The van der Waals surface area contributed by atoms with Crippen molar-refractivity contribution in [2.75, 3.05) is 25.5 Å². The fourth-order valence-electron chi connectivity index (χ4n) is 3.18. The van der Waals surface area contributed by atoms with Gasteiger partial charge >= 0.3 is 0 Å². The quantitative estimate of drug-likeness (QED) is 0.847. The van der Waals surface area contributed by atoms with Gasteiger partial charge in [0.15, 0.2) is 0 Å². The molecule has 0 atom stereocenters. The number of aryl methyl sites for hydroxylation is 1. The fraction of sp³-hybridized carbons (Fsp3) is 0.400. The minimum Gasteiger partial charge on any atom is -0.338 e. The summed E-state index contributed by atoms with van der Waals surface area (Å²) in [7, 11) is 1.96. The summed E-state index contributed by atoms with van der Waals surface area (Å²) in [5.74, 6) is -0.185. The molecule has 1 aromatic heterocycles. The standard InChI is InChI=1S/C20H25N3O2S/c1-3-14-4-6-15(7-5-14)18(24)22-19-17(10-13-26-19)20(25)23-11-8-16(21-2)9-12-23/h4-7,10,13,16,21H,3,8-9,11-12H2,1-2H3,(H,22,24). The molecule has 1 aliphatic heterocycles. The number of anilines is 1. The third kappa shape index (κ3) is 4.14. The molecule has 26 heavy (non-hydrogen) atoms. The van der Waals surface area contributed by atoms with E-state index in [2.05, 4.69) is 17.6 Å². The van der Waals surface area contributed by atoms with E-state index >= 15 is 0 Å². The number of nitrogens with one attached hydrogen (secondary N) is 2. The first-order chi connectivity index (χ1) is 12.6. The summed E-state index contributed by atoms with van der Waals surface area (Å²) >= 11 is 1.39. The van der Waals surface area contributed by atoms with E-state index < -0.39 is 0 Å². The molecule has 0 radical (unpaired) electrons. The summed E-state index contributed by atoms with van der Waals surface area (Å²) in [5, 5.41) is 8.64. The number of thiophene rings is 1. The molecule has 5 nitrogen and oxygen atoms in total. The van der Waals surface area contributed by atoms with Crippen LogP contribution in [0.2, 0.25) is 0 Å². The number of piperidine rings is 1. The molecule has 2 heterocycles. The molecule has 6 heteroatoms. The highest BCUT2D eigenvalue weighted by molar-refractivity contribution is 7.14. The number of hydrogen-bond donors (Lipinski definition) is 2. The molecular formula is C20H25N3O2S. The molecule has 0 spiro atoms. The highest BCUT2D eigenvalue weighted by atomic mass is 32.1. The Hall–Kier alpha value is -2.18. The van der Waals surface area contributed by atoms with Crippen LogP contribution in [0, 0.1) is 0 Å². The predicted molar refractivity (Wildman–Crippen MR) is 106 cm³/mol. The van der Waals surface area contributed by atoms with Gasteiger partial charge in [0.2, 0.25) is 0 Å². The zero-order valence-corrected chi connectivity index (χ0v) is 16.1.